The minimum atomic E-state index is -0.865. The van der Waals surface area contributed by atoms with E-state index in [0.717, 1.165) is 34.3 Å². The van der Waals surface area contributed by atoms with Gasteiger partial charge in [-0.05, 0) is 36.5 Å². The van der Waals surface area contributed by atoms with Gasteiger partial charge in [0.05, 0.1) is 5.71 Å². The molecule has 174 valence electrons. The second-order valence-corrected chi connectivity index (χ2v) is 8.45. The second kappa shape index (κ2) is 10.5. The van der Waals surface area contributed by atoms with Crippen molar-refractivity contribution in [1.29, 1.82) is 0 Å². The minimum Gasteiger partial charge on any atom is -0.361 e. The van der Waals surface area contributed by atoms with Gasteiger partial charge in [-0.1, -0.05) is 61.1 Å². The summed E-state index contributed by atoms with van der Waals surface area (Å²) in [7, 11) is 1.73. The van der Waals surface area contributed by atoms with Gasteiger partial charge in [-0.3, -0.25) is 4.99 Å². The van der Waals surface area contributed by atoms with Crippen molar-refractivity contribution < 1.29 is 13.3 Å². The monoisotopic (exact) mass is 459 g/mol. The fraction of sp³-hybridized carbons (Fsp3) is 0.250. The van der Waals surface area contributed by atoms with Crippen molar-refractivity contribution in [3.05, 3.63) is 95.4 Å². The first-order valence-electron chi connectivity index (χ1n) is 11.3. The molecule has 0 N–H and O–H groups in total. The Morgan fingerprint density at radius 2 is 1.97 bits per heavy atom. The molecule has 2 atom stereocenters. The Hall–Kier alpha value is -3.67. The zero-order valence-corrected chi connectivity index (χ0v) is 19.3. The van der Waals surface area contributed by atoms with Crippen LogP contribution in [-0.4, -0.2) is 24.1 Å². The number of rotatable bonds is 7. The molecule has 4 nitrogen and oxygen atoms in total. The Morgan fingerprint density at radius 3 is 2.71 bits per heavy atom. The SMILES string of the molecule is C=Cc1ccc(-c2cc(CC/C=C3/N=C(c4cccc(F)c4F)CC(C)C3C=NC)on2)cc1. The summed E-state index contributed by atoms with van der Waals surface area (Å²) in [4.78, 5) is 8.93. The molecule has 2 heterocycles. The van der Waals surface area contributed by atoms with E-state index in [2.05, 4.69) is 23.7 Å². The molecular formula is C28H27F2N3O. The Morgan fingerprint density at radius 1 is 1.18 bits per heavy atom. The number of hydrogen-bond acceptors (Lipinski definition) is 4. The highest BCUT2D eigenvalue weighted by Gasteiger charge is 2.28. The van der Waals surface area contributed by atoms with Crippen LogP contribution < -0.4 is 0 Å². The van der Waals surface area contributed by atoms with Gasteiger partial charge in [0.1, 0.15) is 11.5 Å². The predicted octanol–water partition coefficient (Wildman–Crippen LogP) is 6.93. The van der Waals surface area contributed by atoms with E-state index < -0.39 is 11.6 Å². The number of hydrogen-bond donors (Lipinski definition) is 0. The lowest BCUT2D eigenvalue weighted by Crippen LogP contribution is -2.25. The molecule has 2 unspecified atom stereocenters. The van der Waals surface area contributed by atoms with Crippen LogP contribution in [0.2, 0.25) is 0 Å². The third kappa shape index (κ3) is 5.11. The number of aryl methyl sites for hydroxylation is 1. The van der Waals surface area contributed by atoms with Crippen LogP contribution in [0.25, 0.3) is 17.3 Å². The zero-order valence-electron chi connectivity index (χ0n) is 19.3. The normalized spacial score (nSPS) is 19.5. The standard InChI is InChI=1S/C28H27F2N3O/c1-4-19-11-13-20(14-12-19)26-16-21(34-33-26)7-5-10-25-23(17-31-3)18(2)15-27(32-25)22-8-6-9-24(29)28(22)30/h4,6,8-14,16-18,23H,1,5,7,15H2,2-3H3/b25-10+,31-17?. The van der Waals surface area contributed by atoms with E-state index >= 15 is 0 Å². The van der Waals surface area contributed by atoms with Gasteiger partial charge in [0.2, 0.25) is 0 Å². The van der Waals surface area contributed by atoms with Crippen molar-refractivity contribution in [3.63, 3.8) is 0 Å². The molecule has 0 amide bonds. The number of aromatic nitrogens is 1. The number of benzene rings is 2. The lowest BCUT2D eigenvalue weighted by molar-refractivity contribution is 0.385. The van der Waals surface area contributed by atoms with Gasteiger partial charge in [-0.15, -0.1) is 0 Å². The molecule has 1 aromatic heterocycles. The van der Waals surface area contributed by atoms with E-state index in [-0.39, 0.29) is 17.4 Å². The molecule has 0 spiro atoms. The first kappa shape index (κ1) is 23.5. The van der Waals surface area contributed by atoms with Crippen LogP contribution in [0.5, 0.6) is 0 Å². The molecule has 0 radical (unpaired) electrons. The molecule has 1 aliphatic rings. The molecule has 2 aromatic carbocycles. The molecule has 34 heavy (non-hydrogen) atoms. The molecular weight excluding hydrogens is 432 g/mol. The van der Waals surface area contributed by atoms with Gasteiger partial charge < -0.3 is 9.52 Å². The van der Waals surface area contributed by atoms with E-state index in [0.29, 0.717) is 25.0 Å². The lowest BCUT2D eigenvalue weighted by atomic mass is 9.82. The van der Waals surface area contributed by atoms with E-state index in [4.69, 9.17) is 9.52 Å². The quantitative estimate of drug-likeness (QED) is 0.360. The van der Waals surface area contributed by atoms with Crippen LogP contribution in [0.4, 0.5) is 8.78 Å². The number of allylic oxidation sites excluding steroid dienone is 2. The van der Waals surface area contributed by atoms with Crippen LogP contribution >= 0.6 is 0 Å². The van der Waals surface area contributed by atoms with Crippen LogP contribution in [0.1, 0.15) is 36.7 Å². The fourth-order valence-electron chi connectivity index (χ4n) is 4.18. The Kier molecular flexibility index (Phi) is 7.26. The highest BCUT2D eigenvalue weighted by Crippen LogP contribution is 2.32. The first-order chi connectivity index (χ1) is 16.5. The third-order valence-electron chi connectivity index (χ3n) is 6.05. The molecule has 1 aliphatic heterocycles. The number of aliphatic imine (C=N–C) groups is 2. The van der Waals surface area contributed by atoms with Crippen molar-refractivity contribution >= 4 is 18.0 Å². The van der Waals surface area contributed by atoms with Crippen LogP contribution in [0.3, 0.4) is 0 Å². The fourth-order valence-corrected chi connectivity index (χ4v) is 4.18. The predicted molar refractivity (Wildman–Crippen MR) is 133 cm³/mol. The van der Waals surface area contributed by atoms with Gasteiger partial charge in [-0.2, -0.15) is 0 Å². The summed E-state index contributed by atoms with van der Waals surface area (Å²) in [5.74, 6) is -0.786. The summed E-state index contributed by atoms with van der Waals surface area (Å²) >= 11 is 0. The minimum absolute atomic E-state index is 0.0130. The van der Waals surface area contributed by atoms with E-state index in [1.165, 1.54) is 6.07 Å². The van der Waals surface area contributed by atoms with Crippen molar-refractivity contribution in [2.24, 2.45) is 21.8 Å². The smallest absolute Gasteiger partial charge is 0.167 e. The van der Waals surface area contributed by atoms with E-state index in [1.807, 2.05) is 42.6 Å². The maximum absolute atomic E-state index is 14.4. The van der Waals surface area contributed by atoms with Crippen molar-refractivity contribution in [2.45, 2.75) is 26.2 Å². The molecule has 4 rings (SSSR count). The maximum Gasteiger partial charge on any atom is 0.167 e. The molecule has 0 aliphatic carbocycles. The van der Waals surface area contributed by atoms with Gasteiger partial charge in [-0.25, -0.2) is 8.78 Å². The average molecular weight is 460 g/mol. The van der Waals surface area contributed by atoms with Crippen LogP contribution in [0, 0.1) is 23.5 Å². The highest BCUT2D eigenvalue weighted by atomic mass is 19.2. The van der Waals surface area contributed by atoms with Gasteiger partial charge in [0.25, 0.3) is 0 Å². The van der Waals surface area contributed by atoms with Crippen molar-refractivity contribution in [3.8, 4) is 11.3 Å². The first-order valence-corrected chi connectivity index (χ1v) is 11.3. The van der Waals surface area contributed by atoms with Crippen molar-refractivity contribution in [1.82, 2.24) is 5.16 Å². The third-order valence-corrected chi connectivity index (χ3v) is 6.05. The van der Waals surface area contributed by atoms with Crippen LogP contribution in [0.15, 0.2) is 81.4 Å². The van der Waals surface area contributed by atoms with Gasteiger partial charge in [0.15, 0.2) is 11.6 Å². The Bertz CT molecular complexity index is 1250. The summed E-state index contributed by atoms with van der Waals surface area (Å²) < 4.78 is 33.7. The van der Waals surface area contributed by atoms with Gasteiger partial charge >= 0.3 is 0 Å². The van der Waals surface area contributed by atoms with Crippen LogP contribution in [-0.2, 0) is 6.42 Å². The molecule has 3 aromatic rings. The molecule has 0 fully saturated rings. The maximum atomic E-state index is 14.4. The molecule has 0 saturated carbocycles. The summed E-state index contributed by atoms with van der Waals surface area (Å²) in [6.45, 7) is 5.84. The second-order valence-electron chi connectivity index (χ2n) is 8.45. The summed E-state index contributed by atoms with van der Waals surface area (Å²) in [6, 6.07) is 14.1. The number of nitrogens with zero attached hydrogens (tertiary/aromatic N) is 3. The van der Waals surface area contributed by atoms with Crippen molar-refractivity contribution in [2.75, 3.05) is 7.05 Å². The van der Waals surface area contributed by atoms with E-state index in [9.17, 15) is 8.78 Å². The highest BCUT2D eigenvalue weighted by molar-refractivity contribution is 6.02. The lowest BCUT2D eigenvalue weighted by Gasteiger charge is -2.28. The Balaban J connectivity index is 1.54. The zero-order chi connectivity index (χ0) is 24.1. The summed E-state index contributed by atoms with van der Waals surface area (Å²) in [5.41, 5.74) is 4.38. The number of halogens is 2. The molecule has 6 heteroatoms. The average Bonchev–Trinajstić information content (AvgIpc) is 3.31. The van der Waals surface area contributed by atoms with Gasteiger partial charge in [0, 0.05) is 48.5 Å². The summed E-state index contributed by atoms with van der Waals surface area (Å²) in [5, 5.41) is 4.19. The Labute approximate surface area is 198 Å². The largest absolute Gasteiger partial charge is 0.361 e. The van der Waals surface area contributed by atoms with E-state index in [1.54, 1.807) is 19.2 Å². The summed E-state index contributed by atoms with van der Waals surface area (Å²) in [6.07, 6.45) is 7.56. The molecule has 0 saturated heterocycles. The molecule has 0 bridgehead atoms. The topological polar surface area (TPSA) is 50.8 Å².